The van der Waals surface area contributed by atoms with Crippen LogP contribution in [0.3, 0.4) is 0 Å². The Morgan fingerprint density at radius 3 is 1.44 bits per heavy atom. The molecule has 52 heavy (non-hydrogen) atoms. The third-order valence-electron chi connectivity index (χ3n) is 10.9. The second-order valence-corrected chi connectivity index (χ2v) is 13.7. The van der Waals surface area contributed by atoms with Gasteiger partial charge in [0.25, 0.3) is 0 Å². The van der Waals surface area contributed by atoms with Crippen molar-refractivity contribution in [2.24, 2.45) is 0 Å². The van der Waals surface area contributed by atoms with Crippen LogP contribution in [0, 0.1) is 0 Å². The molecule has 11 aromatic rings. The molecule has 0 bridgehead atoms. The third kappa shape index (κ3) is 4.25. The van der Waals surface area contributed by atoms with E-state index in [1.54, 1.807) is 0 Å². The standard InChI is InChI=1S/C50H32N2/c1-3-16-35(17-4-1)51-47-25-12-11-23-43(47)45-31-50-46(32-49(45)51)44-30-34(26-29-48(44)52(50)36-18-5-2-6-19-36)38-27-28-42(41-22-10-9-21-39(38)41)40-24-13-15-33-14-7-8-20-37(33)40/h1-32H. The summed E-state index contributed by atoms with van der Waals surface area (Å²) in [5.74, 6) is 0. The molecule has 0 aliphatic carbocycles. The number of fused-ring (bicyclic) bond motifs is 8. The van der Waals surface area contributed by atoms with Gasteiger partial charge in [-0.15, -0.1) is 0 Å². The summed E-state index contributed by atoms with van der Waals surface area (Å²) in [5, 5.41) is 10.0. The lowest BCUT2D eigenvalue weighted by Gasteiger charge is -2.14. The van der Waals surface area contributed by atoms with Gasteiger partial charge in [-0.25, -0.2) is 0 Å². The van der Waals surface area contributed by atoms with Crippen LogP contribution < -0.4 is 0 Å². The number of rotatable bonds is 4. The summed E-state index contributed by atoms with van der Waals surface area (Å²) in [5.41, 5.74) is 12.1. The fourth-order valence-electron chi connectivity index (χ4n) is 8.60. The molecule has 2 nitrogen and oxygen atoms in total. The quantitative estimate of drug-likeness (QED) is 0.178. The zero-order valence-electron chi connectivity index (χ0n) is 28.4. The van der Waals surface area contributed by atoms with Crippen molar-refractivity contribution in [3.8, 4) is 33.6 Å². The maximum atomic E-state index is 2.43. The molecule has 0 N–H and O–H groups in total. The Balaban J connectivity index is 1.20. The van der Waals surface area contributed by atoms with Crippen LogP contribution in [0.1, 0.15) is 0 Å². The van der Waals surface area contributed by atoms with Crippen LogP contribution in [0.4, 0.5) is 0 Å². The monoisotopic (exact) mass is 660 g/mol. The van der Waals surface area contributed by atoms with Gasteiger partial charge >= 0.3 is 0 Å². The second kappa shape index (κ2) is 11.3. The summed E-state index contributed by atoms with van der Waals surface area (Å²) in [4.78, 5) is 0. The first-order chi connectivity index (χ1) is 25.8. The molecular formula is C50H32N2. The van der Waals surface area contributed by atoms with E-state index >= 15 is 0 Å². The highest BCUT2D eigenvalue weighted by Gasteiger charge is 2.20. The van der Waals surface area contributed by atoms with E-state index in [2.05, 4.69) is 203 Å². The number of aromatic nitrogens is 2. The lowest BCUT2D eigenvalue weighted by molar-refractivity contribution is 1.17. The topological polar surface area (TPSA) is 9.86 Å². The Labute approximate surface area is 301 Å². The van der Waals surface area contributed by atoms with Crippen molar-refractivity contribution in [1.82, 2.24) is 9.13 Å². The van der Waals surface area contributed by atoms with E-state index in [1.807, 2.05) is 0 Å². The van der Waals surface area contributed by atoms with Crippen molar-refractivity contribution in [2.75, 3.05) is 0 Å². The fourth-order valence-corrected chi connectivity index (χ4v) is 8.60. The minimum atomic E-state index is 1.16. The van der Waals surface area contributed by atoms with Crippen LogP contribution in [0.25, 0.3) is 98.8 Å². The molecule has 9 aromatic carbocycles. The van der Waals surface area contributed by atoms with E-state index in [-0.39, 0.29) is 0 Å². The molecule has 0 amide bonds. The number of nitrogens with zero attached hydrogens (tertiary/aromatic N) is 2. The summed E-state index contributed by atoms with van der Waals surface area (Å²) in [6.45, 7) is 0. The maximum Gasteiger partial charge on any atom is 0.0548 e. The Hall–Kier alpha value is -6.90. The Morgan fingerprint density at radius 2 is 0.731 bits per heavy atom. The molecule has 0 fully saturated rings. The summed E-state index contributed by atoms with van der Waals surface area (Å²) in [6.07, 6.45) is 0. The Bertz CT molecular complexity index is 3160. The Kier molecular flexibility index (Phi) is 6.28. The largest absolute Gasteiger partial charge is 0.309 e. The smallest absolute Gasteiger partial charge is 0.0548 e. The lowest BCUT2D eigenvalue weighted by Crippen LogP contribution is -1.94. The van der Waals surface area contributed by atoms with Gasteiger partial charge in [-0.3, -0.25) is 0 Å². The van der Waals surface area contributed by atoms with Gasteiger partial charge in [-0.2, -0.15) is 0 Å². The van der Waals surface area contributed by atoms with Gasteiger partial charge in [0.1, 0.15) is 0 Å². The number of benzene rings is 9. The molecular weight excluding hydrogens is 629 g/mol. The zero-order valence-corrected chi connectivity index (χ0v) is 28.4. The minimum Gasteiger partial charge on any atom is -0.309 e. The molecule has 0 radical (unpaired) electrons. The highest BCUT2D eigenvalue weighted by atomic mass is 15.0. The van der Waals surface area contributed by atoms with Crippen molar-refractivity contribution in [2.45, 2.75) is 0 Å². The summed E-state index contributed by atoms with van der Waals surface area (Å²) in [6, 6.07) is 71.0. The van der Waals surface area contributed by atoms with Crippen LogP contribution in [-0.2, 0) is 0 Å². The molecule has 11 rings (SSSR count). The predicted octanol–water partition coefficient (Wildman–Crippen LogP) is 13.5. The summed E-state index contributed by atoms with van der Waals surface area (Å²) >= 11 is 0. The maximum absolute atomic E-state index is 2.43. The molecule has 0 saturated carbocycles. The van der Waals surface area contributed by atoms with Gasteiger partial charge in [0.05, 0.1) is 22.1 Å². The van der Waals surface area contributed by atoms with E-state index in [9.17, 15) is 0 Å². The average Bonchev–Trinajstić information content (AvgIpc) is 3.71. The molecule has 2 heterocycles. The van der Waals surface area contributed by atoms with E-state index < -0.39 is 0 Å². The molecule has 0 atom stereocenters. The molecule has 242 valence electrons. The van der Waals surface area contributed by atoms with Gasteiger partial charge in [0, 0.05) is 32.9 Å². The van der Waals surface area contributed by atoms with Gasteiger partial charge in [-0.05, 0) is 98.4 Å². The zero-order chi connectivity index (χ0) is 34.2. The normalized spacial score (nSPS) is 11.8. The first-order valence-electron chi connectivity index (χ1n) is 17.9. The van der Waals surface area contributed by atoms with E-state index in [4.69, 9.17) is 0 Å². The first-order valence-corrected chi connectivity index (χ1v) is 17.9. The van der Waals surface area contributed by atoms with Crippen LogP contribution in [0.2, 0.25) is 0 Å². The van der Waals surface area contributed by atoms with E-state index in [0.717, 1.165) is 5.69 Å². The highest BCUT2D eigenvalue weighted by Crippen LogP contribution is 2.43. The summed E-state index contributed by atoms with van der Waals surface area (Å²) < 4.78 is 4.85. The van der Waals surface area contributed by atoms with Crippen molar-refractivity contribution >= 4 is 65.2 Å². The molecule has 0 unspecified atom stereocenters. The lowest BCUT2D eigenvalue weighted by atomic mass is 9.90. The van der Waals surface area contributed by atoms with Crippen molar-refractivity contribution in [3.63, 3.8) is 0 Å². The van der Waals surface area contributed by atoms with Crippen molar-refractivity contribution < 1.29 is 0 Å². The van der Waals surface area contributed by atoms with Gasteiger partial charge in [0.15, 0.2) is 0 Å². The molecule has 2 aromatic heterocycles. The van der Waals surface area contributed by atoms with Gasteiger partial charge < -0.3 is 9.13 Å². The molecule has 0 aliphatic rings. The van der Waals surface area contributed by atoms with Crippen LogP contribution >= 0.6 is 0 Å². The number of para-hydroxylation sites is 3. The number of hydrogen-bond acceptors (Lipinski definition) is 0. The summed E-state index contributed by atoms with van der Waals surface area (Å²) in [7, 11) is 0. The predicted molar refractivity (Wildman–Crippen MR) is 221 cm³/mol. The molecule has 2 heteroatoms. The van der Waals surface area contributed by atoms with Gasteiger partial charge in [-0.1, -0.05) is 140 Å². The molecule has 0 aliphatic heterocycles. The number of hydrogen-bond donors (Lipinski definition) is 0. The third-order valence-corrected chi connectivity index (χ3v) is 10.9. The van der Waals surface area contributed by atoms with Crippen LogP contribution in [0.15, 0.2) is 194 Å². The van der Waals surface area contributed by atoms with Crippen LogP contribution in [-0.4, -0.2) is 9.13 Å². The Morgan fingerprint density at radius 1 is 0.250 bits per heavy atom. The van der Waals surface area contributed by atoms with Crippen molar-refractivity contribution in [3.05, 3.63) is 194 Å². The second-order valence-electron chi connectivity index (χ2n) is 13.7. The highest BCUT2D eigenvalue weighted by molar-refractivity contribution is 6.20. The SMILES string of the molecule is c1ccc(-n2c3ccccc3c3cc4c(cc32)c2cc(-c3ccc(-c5cccc6ccccc56)c5ccccc35)ccc2n4-c2ccccc2)cc1. The van der Waals surface area contributed by atoms with Crippen molar-refractivity contribution in [1.29, 1.82) is 0 Å². The molecule has 0 saturated heterocycles. The van der Waals surface area contributed by atoms with E-state index in [1.165, 1.54) is 93.1 Å². The fraction of sp³-hybridized carbons (Fsp3) is 0. The van der Waals surface area contributed by atoms with Gasteiger partial charge in [0.2, 0.25) is 0 Å². The van der Waals surface area contributed by atoms with Crippen LogP contribution in [0.5, 0.6) is 0 Å². The molecule has 0 spiro atoms. The van der Waals surface area contributed by atoms with E-state index in [0.29, 0.717) is 0 Å². The average molecular weight is 661 g/mol. The first kappa shape index (κ1) is 28.9. The minimum absolute atomic E-state index is 1.16.